The molecule has 0 aromatic heterocycles. The molecule has 0 bridgehead atoms. The van der Waals surface area contributed by atoms with Crippen LogP contribution in [0, 0.1) is 0 Å². The Kier molecular flexibility index (Phi) is 0.505. The third-order valence-electron chi connectivity index (χ3n) is 0. The first-order valence-electron chi connectivity index (χ1n) is 1.10. The Labute approximate surface area is 34.5 Å². The van der Waals surface area contributed by atoms with Crippen molar-refractivity contribution in [1.29, 1.82) is 0 Å². The molecule has 0 aliphatic heterocycles. The van der Waals surface area contributed by atoms with Gasteiger partial charge in [-0.25, -0.2) is 0 Å². The molecule has 0 amide bonds. The van der Waals surface area contributed by atoms with Gasteiger partial charge < -0.3 is 0 Å². The summed E-state index contributed by atoms with van der Waals surface area (Å²) in [5, 5.41) is 0. The summed E-state index contributed by atoms with van der Waals surface area (Å²) in [4.78, 5) is 0. The molecule has 6 nitrogen and oxygen atoms in total. The summed E-state index contributed by atoms with van der Waals surface area (Å²) in [6, 6.07) is 0. The Morgan fingerprint density at radius 1 is 0.571 bits per heavy atom. The Hall–Kier alpha value is -0.460. The molecule has 0 aromatic rings. The molecular formula is NbO6. The van der Waals surface area contributed by atoms with Crippen LogP contribution in [-0.4, -0.2) is 0 Å². The Bertz CT molecular complexity index is 432. The number of hydrogen-bond donors (Lipinski definition) is 0. The molecule has 7 heteroatoms. The summed E-state index contributed by atoms with van der Waals surface area (Å²) in [6.07, 6.45) is 0. The van der Waals surface area contributed by atoms with E-state index in [0.29, 0.717) is 0 Å². The van der Waals surface area contributed by atoms with Gasteiger partial charge in [0.1, 0.15) is 0 Å². The summed E-state index contributed by atoms with van der Waals surface area (Å²) in [7, 11) is 0. The van der Waals surface area contributed by atoms with Crippen LogP contribution < -0.4 is 0 Å². The molecular weight excluding hydrogens is 189 g/mol. The molecule has 0 N–H and O–H groups in total. The van der Waals surface area contributed by atoms with E-state index in [9.17, 15) is 0 Å². The van der Waals surface area contributed by atoms with Gasteiger partial charge in [-0.3, -0.25) is 0 Å². The predicted molar refractivity (Wildman–Crippen MR) is 4.12 cm³/mol. The van der Waals surface area contributed by atoms with Crippen LogP contribution in [0.25, 0.3) is 0 Å². The number of rotatable bonds is 0. The quantitative estimate of drug-likeness (QED) is 0.466. The van der Waals surface area contributed by atoms with Crippen molar-refractivity contribution in [1.82, 2.24) is 0 Å². The van der Waals surface area contributed by atoms with E-state index in [2.05, 4.69) is 0 Å². The molecule has 0 aliphatic rings. The fourth-order valence-corrected chi connectivity index (χ4v) is 0. The monoisotopic (exact) mass is 189 g/mol. The first kappa shape index (κ1) is 6.54. The van der Waals surface area contributed by atoms with Gasteiger partial charge in [0.15, 0.2) is 0 Å². The fourth-order valence-electron chi connectivity index (χ4n) is 0. The SMILES string of the molecule is [O]=[Nb](=[O])(=[O])(=[O])(=[O])=[O]. The second kappa shape index (κ2) is 0.540. The molecule has 0 unspecified atom stereocenters. The molecule has 0 aromatic carbocycles. The van der Waals surface area contributed by atoms with E-state index in [1.807, 2.05) is 0 Å². The average molecular weight is 189 g/mol. The van der Waals surface area contributed by atoms with E-state index in [0.717, 1.165) is 0 Å². The van der Waals surface area contributed by atoms with Crippen molar-refractivity contribution < 1.29 is 33.8 Å². The van der Waals surface area contributed by atoms with Crippen LogP contribution in [0.15, 0.2) is 0 Å². The maximum atomic E-state index is 8.68. The summed E-state index contributed by atoms with van der Waals surface area (Å²) >= 11 is -9.75. The average Bonchev–Trinajstić information content (AvgIpc) is 0.592. The second-order valence-electron chi connectivity index (χ2n) is 1.12. The zero-order valence-corrected chi connectivity index (χ0v) is 5.10. The van der Waals surface area contributed by atoms with Crippen molar-refractivity contribution >= 4 is 0 Å². The molecule has 0 rings (SSSR count). The summed E-state index contributed by atoms with van der Waals surface area (Å²) in [5.74, 6) is 0. The van der Waals surface area contributed by atoms with E-state index in [1.54, 1.807) is 0 Å². The van der Waals surface area contributed by atoms with E-state index in [4.69, 9.17) is 19.5 Å². The topological polar surface area (TPSA) is 102 Å². The molecule has 0 saturated carbocycles. The van der Waals surface area contributed by atoms with Crippen LogP contribution in [0.1, 0.15) is 0 Å². The van der Waals surface area contributed by atoms with Crippen LogP contribution in [0.2, 0.25) is 0 Å². The molecule has 0 heterocycles. The van der Waals surface area contributed by atoms with E-state index < -0.39 is 14.3 Å². The Morgan fingerprint density at radius 3 is 0.571 bits per heavy atom. The Morgan fingerprint density at radius 2 is 0.571 bits per heavy atom. The van der Waals surface area contributed by atoms with Crippen molar-refractivity contribution in [2.24, 2.45) is 0 Å². The first-order valence-corrected chi connectivity index (χ1v) is 6.48. The standard InChI is InChI=1S/Nb.6O. The molecule has 7 heavy (non-hydrogen) atoms. The summed E-state index contributed by atoms with van der Waals surface area (Å²) in [5.41, 5.74) is 0. The van der Waals surface area contributed by atoms with Gasteiger partial charge in [0.05, 0.1) is 0 Å². The van der Waals surface area contributed by atoms with Crippen molar-refractivity contribution in [3.05, 3.63) is 0 Å². The molecule has 0 saturated heterocycles. The van der Waals surface area contributed by atoms with E-state index in [-0.39, 0.29) is 0 Å². The zero-order chi connectivity index (χ0) is 6.41. The molecule has 0 radical (unpaired) electrons. The maximum absolute atomic E-state index is 9.75. The zero-order valence-electron chi connectivity index (χ0n) is 2.90. The van der Waals surface area contributed by atoms with E-state index in [1.165, 1.54) is 0 Å². The predicted octanol–water partition coefficient (Wildman–Crippen LogP) is -0.715. The fraction of sp³-hybridized carbons (Fsp3) is 0. The van der Waals surface area contributed by atoms with Gasteiger partial charge in [-0.05, 0) is 0 Å². The van der Waals surface area contributed by atoms with Gasteiger partial charge in [-0.15, -0.1) is 0 Å². The third-order valence-corrected chi connectivity index (χ3v) is 0. The summed E-state index contributed by atoms with van der Waals surface area (Å²) in [6.45, 7) is 0. The normalized spacial score (nSPS) is 12.0. The van der Waals surface area contributed by atoms with Gasteiger partial charge in [-0.2, -0.15) is 0 Å². The minimum absolute atomic E-state index is 8.68. The molecule has 0 fully saturated rings. The second-order valence-corrected chi connectivity index (χ2v) is 6.61. The van der Waals surface area contributed by atoms with Crippen LogP contribution in [-0.2, 0) is 33.8 Å². The van der Waals surface area contributed by atoms with E-state index >= 15 is 0 Å². The van der Waals surface area contributed by atoms with Crippen LogP contribution in [0.5, 0.6) is 0 Å². The molecule has 0 spiro atoms. The minimum atomic E-state index is -9.75. The van der Waals surface area contributed by atoms with Gasteiger partial charge in [0.25, 0.3) is 0 Å². The first-order chi connectivity index (χ1) is 2.45. The van der Waals surface area contributed by atoms with Crippen molar-refractivity contribution in [2.45, 2.75) is 0 Å². The van der Waals surface area contributed by atoms with Gasteiger partial charge >= 0.3 is 33.8 Å². The van der Waals surface area contributed by atoms with Crippen molar-refractivity contribution in [3.63, 3.8) is 0 Å². The van der Waals surface area contributed by atoms with Crippen LogP contribution in [0.3, 0.4) is 0 Å². The van der Waals surface area contributed by atoms with Crippen molar-refractivity contribution in [3.8, 4) is 0 Å². The van der Waals surface area contributed by atoms with Crippen LogP contribution >= 0.6 is 0 Å². The van der Waals surface area contributed by atoms with Gasteiger partial charge in [0.2, 0.25) is 0 Å². The van der Waals surface area contributed by atoms with Crippen molar-refractivity contribution in [2.75, 3.05) is 0 Å². The molecule has 0 atom stereocenters. The third kappa shape index (κ3) is 329. The molecule has 0 aliphatic carbocycles. The molecule has 41 valence electrons. The van der Waals surface area contributed by atoms with Gasteiger partial charge in [-0.1, -0.05) is 0 Å². The Balaban J connectivity index is 8.86. The van der Waals surface area contributed by atoms with Crippen LogP contribution in [0.4, 0.5) is 0 Å². The number of hydrogen-bond acceptors (Lipinski definition) is 6. The summed E-state index contributed by atoms with van der Waals surface area (Å²) < 4.78 is 52.0. The van der Waals surface area contributed by atoms with Gasteiger partial charge in [0, 0.05) is 0 Å².